The highest BCUT2D eigenvalue weighted by molar-refractivity contribution is 5.88. The van der Waals surface area contributed by atoms with E-state index in [1.54, 1.807) is 12.0 Å². The van der Waals surface area contributed by atoms with Crippen LogP contribution in [0.15, 0.2) is 72.8 Å². The van der Waals surface area contributed by atoms with E-state index >= 15 is 0 Å². The van der Waals surface area contributed by atoms with Crippen molar-refractivity contribution < 1.29 is 23.8 Å². The lowest BCUT2D eigenvalue weighted by Crippen LogP contribution is -2.51. The van der Waals surface area contributed by atoms with Gasteiger partial charge in [-0.1, -0.05) is 48.5 Å². The van der Waals surface area contributed by atoms with Crippen LogP contribution >= 0.6 is 0 Å². The molecule has 7 heteroatoms. The summed E-state index contributed by atoms with van der Waals surface area (Å²) in [5.74, 6) is 1.87. The summed E-state index contributed by atoms with van der Waals surface area (Å²) < 4.78 is 16.7. The molecule has 0 bridgehead atoms. The Bertz CT molecular complexity index is 1230. The Morgan fingerprint density at radius 3 is 2.37 bits per heavy atom. The molecule has 0 aliphatic carbocycles. The van der Waals surface area contributed by atoms with Gasteiger partial charge in [0.05, 0.1) is 7.11 Å². The van der Waals surface area contributed by atoms with Gasteiger partial charge >= 0.3 is 0 Å². The Morgan fingerprint density at radius 2 is 1.63 bits per heavy atom. The number of ether oxygens (including phenoxy) is 3. The van der Waals surface area contributed by atoms with Crippen molar-refractivity contribution in [1.82, 2.24) is 10.2 Å². The second-order valence-electron chi connectivity index (χ2n) is 9.72. The van der Waals surface area contributed by atoms with E-state index < -0.39 is 6.04 Å². The predicted octanol–water partition coefficient (Wildman–Crippen LogP) is 4.56. The summed E-state index contributed by atoms with van der Waals surface area (Å²) in [6.07, 6.45) is 1.19. The minimum Gasteiger partial charge on any atom is -0.497 e. The molecule has 3 aromatic carbocycles. The molecule has 1 heterocycles. The maximum Gasteiger partial charge on any atom is 0.243 e. The molecule has 0 aromatic heterocycles. The zero-order valence-corrected chi connectivity index (χ0v) is 22.3. The molecule has 1 atom stereocenters. The lowest BCUT2D eigenvalue weighted by atomic mass is 10.0. The van der Waals surface area contributed by atoms with E-state index in [2.05, 4.69) is 5.32 Å². The fourth-order valence-electron chi connectivity index (χ4n) is 4.54. The highest BCUT2D eigenvalue weighted by atomic mass is 16.6. The molecule has 2 amide bonds. The zero-order chi connectivity index (χ0) is 26.9. The third kappa shape index (κ3) is 7.28. The molecule has 0 saturated heterocycles. The van der Waals surface area contributed by atoms with Crippen LogP contribution in [0.4, 0.5) is 0 Å². The van der Waals surface area contributed by atoms with Gasteiger partial charge in [-0.2, -0.15) is 0 Å². The summed E-state index contributed by atoms with van der Waals surface area (Å²) in [6.45, 7) is 5.18. The smallest absolute Gasteiger partial charge is 0.243 e. The first-order valence-corrected chi connectivity index (χ1v) is 13.1. The number of amides is 2. The van der Waals surface area contributed by atoms with Crippen LogP contribution < -0.4 is 19.5 Å². The van der Waals surface area contributed by atoms with E-state index in [1.165, 1.54) is 0 Å². The fourth-order valence-corrected chi connectivity index (χ4v) is 4.54. The number of benzene rings is 3. The number of aryl methyl sites for hydroxylation is 1. The molecule has 38 heavy (non-hydrogen) atoms. The molecule has 1 aliphatic heterocycles. The van der Waals surface area contributed by atoms with Crippen molar-refractivity contribution in [1.29, 1.82) is 0 Å². The number of nitrogens with zero attached hydrogens (tertiary/aromatic N) is 1. The molecule has 1 aliphatic rings. The first-order chi connectivity index (χ1) is 18.4. The Hall–Kier alpha value is -4.00. The third-order valence-electron chi connectivity index (χ3n) is 6.42. The third-order valence-corrected chi connectivity index (χ3v) is 6.42. The molecular formula is C31H36N2O5. The molecule has 1 unspecified atom stereocenters. The lowest BCUT2D eigenvalue weighted by molar-refractivity contribution is -0.141. The number of methoxy groups -OCH3 is 1. The number of hydrogen-bond acceptors (Lipinski definition) is 5. The number of rotatable bonds is 11. The monoisotopic (exact) mass is 516 g/mol. The van der Waals surface area contributed by atoms with Crippen molar-refractivity contribution in [3.63, 3.8) is 0 Å². The first kappa shape index (κ1) is 27.0. The van der Waals surface area contributed by atoms with Gasteiger partial charge in [0.2, 0.25) is 11.8 Å². The second kappa shape index (κ2) is 13.0. The van der Waals surface area contributed by atoms with Crippen LogP contribution in [-0.2, 0) is 29.0 Å². The van der Waals surface area contributed by atoms with Crippen LogP contribution in [0.1, 0.15) is 37.0 Å². The van der Waals surface area contributed by atoms with Gasteiger partial charge < -0.3 is 24.4 Å². The Labute approximate surface area is 224 Å². The number of fused-ring (bicyclic) bond motifs is 1. The number of carbonyl (C=O) groups is 2. The quantitative estimate of drug-likeness (QED) is 0.404. The molecule has 0 saturated carbocycles. The van der Waals surface area contributed by atoms with Crippen molar-refractivity contribution in [2.24, 2.45) is 0 Å². The van der Waals surface area contributed by atoms with Crippen molar-refractivity contribution in [3.8, 4) is 17.2 Å². The standard InChI is InChI=1S/C31H36N2O5/c1-22(2)32-31(35)27(19-23-8-5-4-6-9-23)33(21-25-10-7-11-26(18-25)36-3)30(34)15-13-24-12-14-28-29(20-24)38-17-16-37-28/h4-12,14,18,20,22,27H,13,15-17,19,21H2,1-3H3,(H,32,35). The van der Waals surface area contributed by atoms with Crippen LogP contribution in [0.2, 0.25) is 0 Å². The lowest BCUT2D eigenvalue weighted by Gasteiger charge is -2.32. The Balaban J connectivity index is 1.60. The van der Waals surface area contributed by atoms with Crippen molar-refractivity contribution in [3.05, 3.63) is 89.5 Å². The minimum absolute atomic E-state index is 0.0488. The predicted molar refractivity (Wildman–Crippen MR) is 147 cm³/mol. The van der Waals surface area contributed by atoms with E-state index in [0.717, 1.165) is 22.4 Å². The summed E-state index contributed by atoms with van der Waals surface area (Å²) in [4.78, 5) is 29.0. The van der Waals surface area contributed by atoms with E-state index in [4.69, 9.17) is 14.2 Å². The number of hydrogen-bond donors (Lipinski definition) is 1. The summed E-state index contributed by atoms with van der Waals surface area (Å²) in [7, 11) is 1.61. The van der Waals surface area contributed by atoms with Crippen LogP contribution in [-0.4, -0.2) is 49.1 Å². The molecule has 0 spiro atoms. The largest absolute Gasteiger partial charge is 0.497 e. The van der Waals surface area contributed by atoms with Crippen molar-refractivity contribution in [2.45, 2.75) is 51.7 Å². The minimum atomic E-state index is -0.668. The van der Waals surface area contributed by atoms with Crippen LogP contribution in [0.5, 0.6) is 17.2 Å². The van der Waals surface area contributed by atoms with Gasteiger partial charge in [0.15, 0.2) is 11.5 Å². The van der Waals surface area contributed by atoms with E-state index in [9.17, 15) is 9.59 Å². The second-order valence-corrected chi connectivity index (χ2v) is 9.72. The van der Waals surface area contributed by atoms with Crippen LogP contribution in [0.3, 0.4) is 0 Å². The molecule has 0 fully saturated rings. The number of nitrogens with one attached hydrogen (secondary N) is 1. The summed E-state index contributed by atoms with van der Waals surface area (Å²) in [5, 5.41) is 3.03. The van der Waals surface area contributed by atoms with Gasteiger partial charge in [-0.3, -0.25) is 9.59 Å². The molecule has 200 valence electrons. The topological polar surface area (TPSA) is 77.1 Å². The van der Waals surface area contributed by atoms with E-state index in [1.807, 2.05) is 86.6 Å². The normalized spacial score (nSPS) is 13.1. The van der Waals surface area contributed by atoms with E-state index in [-0.39, 0.29) is 24.3 Å². The maximum absolute atomic E-state index is 13.8. The summed E-state index contributed by atoms with van der Waals surface area (Å²) in [5.41, 5.74) is 2.87. The molecule has 7 nitrogen and oxygen atoms in total. The van der Waals surface area contributed by atoms with Gasteiger partial charge in [-0.15, -0.1) is 0 Å². The SMILES string of the molecule is COc1cccc(CN(C(=O)CCc2ccc3c(c2)OCCO3)C(Cc2ccccc2)C(=O)NC(C)C)c1. The molecule has 3 aromatic rings. The average molecular weight is 517 g/mol. The first-order valence-electron chi connectivity index (χ1n) is 13.1. The van der Waals surface area contributed by atoms with E-state index in [0.29, 0.717) is 44.1 Å². The van der Waals surface area contributed by atoms with Crippen LogP contribution in [0, 0.1) is 0 Å². The fraction of sp³-hybridized carbons (Fsp3) is 0.355. The van der Waals surface area contributed by atoms with Gasteiger partial charge in [-0.25, -0.2) is 0 Å². The average Bonchev–Trinajstić information content (AvgIpc) is 2.93. The molecule has 1 N–H and O–H groups in total. The van der Waals surface area contributed by atoms with Gasteiger partial charge in [0, 0.05) is 25.4 Å². The Morgan fingerprint density at radius 1 is 0.895 bits per heavy atom. The summed E-state index contributed by atoms with van der Waals surface area (Å²) >= 11 is 0. The van der Waals surface area contributed by atoms with Crippen LogP contribution in [0.25, 0.3) is 0 Å². The highest BCUT2D eigenvalue weighted by Gasteiger charge is 2.30. The number of carbonyl (C=O) groups excluding carboxylic acids is 2. The zero-order valence-electron chi connectivity index (χ0n) is 22.3. The molecule has 4 rings (SSSR count). The molecular weight excluding hydrogens is 480 g/mol. The maximum atomic E-state index is 13.8. The van der Waals surface area contributed by atoms with Crippen molar-refractivity contribution in [2.75, 3.05) is 20.3 Å². The van der Waals surface area contributed by atoms with Gasteiger partial charge in [-0.05, 0) is 61.2 Å². The van der Waals surface area contributed by atoms with Gasteiger partial charge in [0.1, 0.15) is 25.0 Å². The van der Waals surface area contributed by atoms with Crippen molar-refractivity contribution >= 4 is 11.8 Å². The van der Waals surface area contributed by atoms with Gasteiger partial charge in [0.25, 0.3) is 0 Å². The highest BCUT2D eigenvalue weighted by Crippen LogP contribution is 2.31. The summed E-state index contributed by atoms with van der Waals surface area (Å²) in [6, 6.07) is 22.5. The Kier molecular flexibility index (Phi) is 9.25. The molecule has 0 radical (unpaired) electrons.